The maximum absolute atomic E-state index is 2.83. The van der Waals surface area contributed by atoms with Crippen LogP contribution in [0.5, 0.6) is 0 Å². The largest absolute Gasteiger partial charge is 0.298 e. The van der Waals surface area contributed by atoms with Gasteiger partial charge in [0.2, 0.25) is 0 Å². The molecule has 4 fully saturated rings. The average molecular weight is 376 g/mol. The van der Waals surface area contributed by atoms with Gasteiger partial charge in [0, 0.05) is 56.9 Å². The number of hydrogen-bond donors (Lipinski definition) is 0. The molecule has 0 unspecified atom stereocenters. The van der Waals surface area contributed by atoms with Crippen molar-refractivity contribution < 1.29 is 0 Å². The Kier molecular flexibility index (Phi) is 5.22. The monoisotopic (exact) mass is 375 g/mol. The molecule has 0 aromatic rings. The van der Waals surface area contributed by atoms with Gasteiger partial charge in [-0.2, -0.15) is 0 Å². The molecule has 3 heteroatoms. The highest BCUT2D eigenvalue weighted by Gasteiger charge is 2.50. The van der Waals surface area contributed by atoms with Crippen molar-refractivity contribution >= 4 is 0 Å². The van der Waals surface area contributed by atoms with E-state index in [2.05, 4.69) is 56.2 Å². The first-order chi connectivity index (χ1) is 12.6. The van der Waals surface area contributed by atoms with Gasteiger partial charge in [0.1, 0.15) is 0 Å². The number of nitrogens with zero attached hydrogens (tertiary/aromatic N) is 3. The fraction of sp³-hybridized carbons (Fsp3) is 1.00. The zero-order chi connectivity index (χ0) is 19.4. The highest BCUT2D eigenvalue weighted by molar-refractivity contribution is 5.05. The minimum Gasteiger partial charge on any atom is -0.298 e. The van der Waals surface area contributed by atoms with Gasteiger partial charge >= 0.3 is 0 Å². The van der Waals surface area contributed by atoms with Crippen molar-refractivity contribution in [2.24, 2.45) is 16.7 Å². The number of rotatable bonds is 2. The van der Waals surface area contributed by atoms with Crippen LogP contribution >= 0.6 is 0 Å². The number of piperidine rings is 1. The molecule has 3 heterocycles. The maximum atomic E-state index is 2.83. The second kappa shape index (κ2) is 6.99. The van der Waals surface area contributed by atoms with Gasteiger partial charge in [0.25, 0.3) is 0 Å². The second-order valence-corrected chi connectivity index (χ2v) is 12.5. The van der Waals surface area contributed by atoms with E-state index in [0.717, 1.165) is 18.0 Å². The number of hydrogen-bond acceptors (Lipinski definition) is 3. The van der Waals surface area contributed by atoms with Gasteiger partial charge in [-0.3, -0.25) is 14.7 Å². The molecule has 1 saturated carbocycles. The highest BCUT2D eigenvalue weighted by Crippen LogP contribution is 2.50. The summed E-state index contributed by atoms with van der Waals surface area (Å²) in [5.74, 6) is 0.954. The molecular weight excluding hydrogens is 330 g/mol. The van der Waals surface area contributed by atoms with Gasteiger partial charge in [-0.25, -0.2) is 0 Å². The van der Waals surface area contributed by atoms with Crippen molar-refractivity contribution in [1.29, 1.82) is 0 Å². The highest BCUT2D eigenvalue weighted by atomic mass is 15.4. The lowest BCUT2D eigenvalue weighted by atomic mass is 9.61. The molecule has 156 valence electrons. The van der Waals surface area contributed by atoms with Crippen LogP contribution in [-0.4, -0.2) is 71.6 Å². The SMILES string of the molecule is CC(C)(C)C1CCC2(CC1)CN(C1CN(C3CCN(C(C)(C)C)CC3)C1)C2. The van der Waals surface area contributed by atoms with E-state index in [1.54, 1.807) is 0 Å². The Morgan fingerprint density at radius 2 is 1.26 bits per heavy atom. The standard InChI is InChI=1S/C24H45N3/c1-22(2,3)19-7-11-24(12-8-19)17-26(18-24)21-15-25(16-21)20-9-13-27(14-10-20)23(4,5)6/h19-21H,7-18H2,1-6H3. The first-order valence-corrected chi connectivity index (χ1v) is 11.8. The molecule has 4 rings (SSSR count). The van der Waals surface area contributed by atoms with Crippen LogP contribution in [0, 0.1) is 16.7 Å². The Morgan fingerprint density at radius 1 is 0.704 bits per heavy atom. The quantitative estimate of drug-likeness (QED) is 0.705. The molecule has 0 amide bonds. The summed E-state index contributed by atoms with van der Waals surface area (Å²) in [6.45, 7) is 22.5. The van der Waals surface area contributed by atoms with E-state index in [9.17, 15) is 0 Å². The lowest BCUT2D eigenvalue weighted by Gasteiger charge is -2.61. The second-order valence-electron chi connectivity index (χ2n) is 12.5. The lowest BCUT2D eigenvalue weighted by Crippen LogP contribution is -2.70. The van der Waals surface area contributed by atoms with E-state index < -0.39 is 0 Å². The minimum atomic E-state index is 0.348. The molecular formula is C24H45N3. The first kappa shape index (κ1) is 20.2. The predicted molar refractivity (Wildman–Crippen MR) is 115 cm³/mol. The summed E-state index contributed by atoms with van der Waals surface area (Å²) in [7, 11) is 0. The summed E-state index contributed by atoms with van der Waals surface area (Å²) in [5.41, 5.74) is 1.57. The van der Waals surface area contributed by atoms with Gasteiger partial charge in [0.15, 0.2) is 0 Å². The summed E-state index contributed by atoms with van der Waals surface area (Å²) in [6, 6.07) is 1.73. The third-order valence-corrected chi connectivity index (χ3v) is 8.68. The fourth-order valence-electron chi connectivity index (χ4n) is 6.40. The zero-order valence-electron chi connectivity index (χ0n) is 19.1. The molecule has 3 saturated heterocycles. The topological polar surface area (TPSA) is 9.72 Å². The zero-order valence-corrected chi connectivity index (χ0v) is 19.1. The van der Waals surface area contributed by atoms with Gasteiger partial charge in [0.05, 0.1) is 0 Å². The smallest absolute Gasteiger partial charge is 0.0351 e. The molecule has 1 spiro atoms. The van der Waals surface area contributed by atoms with E-state index in [4.69, 9.17) is 0 Å². The van der Waals surface area contributed by atoms with Gasteiger partial charge in [-0.15, -0.1) is 0 Å². The van der Waals surface area contributed by atoms with Gasteiger partial charge < -0.3 is 0 Å². The van der Waals surface area contributed by atoms with Crippen LogP contribution in [0.25, 0.3) is 0 Å². The number of likely N-dealkylation sites (tertiary alicyclic amines) is 3. The average Bonchev–Trinajstić information content (AvgIpc) is 2.51. The van der Waals surface area contributed by atoms with Crippen LogP contribution in [0.3, 0.4) is 0 Å². The molecule has 27 heavy (non-hydrogen) atoms. The van der Waals surface area contributed by atoms with Crippen LogP contribution in [0.4, 0.5) is 0 Å². The van der Waals surface area contributed by atoms with E-state index in [-0.39, 0.29) is 0 Å². The predicted octanol–water partition coefficient (Wildman–Crippen LogP) is 4.47. The molecule has 0 N–H and O–H groups in total. The summed E-state index contributed by atoms with van der Waals surface area (Å²) in [4.78, 5) is 8.30. The Bertz CT molecular complexity index is 499. The van der Waals surface area contributed by atoms with Crippen LogP contribution in [0.1, 0.15) is 80.1 Å². The van der Waals surface area contributed by atoms with Crippen LogP contribution < -0.4 is 0 Å². The molecule has 0 atom stereocenters. The Balaban J connectivity index is 1.16. The maximum Gasteiger partial charge on any atom is 0.0351 e. The van der Waals surface area contributed by atoms with E-state index >= 15 is 0 Å². The molecule has 4 aliphatic rings. The summed E-state index contributed by atoms with van der Waals surface area (Å²) in [5, 5.41) is 0. The molecule has 0 aromatic heterocycles. The van der Waals surface area contributed by atoms with Crippen molar-refractivity contribution in [1.82, 2.24) is 14.7 Å². The Morgan fingerprint density at radius 3 is 1.74 bits per heavy atom. The van der Waals surface area contributed by atoms with Gasteiger partial charge in [-0.05, 0) is 76.0 Å². The van der Waals surface area contributed by atoms with Crippen molar-refractivity contribution in [3.63, 3.8) is 0 Å². The Labute approximate surface area is 168 Å². The van der Waals surface area contributed by atoms with Crippen molar-refractivity contribution in [3.8, 4) is 0 Å². The normalized spacial score (nSPS) is 30.4. The van der Waals surface area contributed by atoms with Crippen LogP contribution in [0.2, 0.25) is 0 Å². The van der Waals surface area contributed by atoms with Crippen molar-refractivity contribution in [2.75, 3.05) is 39.3 Å². The fourth-order valence-corrected chi connectivity index (χ4v) is 6.40. The van der Waals surface area contributed by atoms with Gasteiger partial charge in [-0.1, -0.05) is 20.8 Å². The Hall–Kier alpha value is -0.120. The van der Waals surface area contributed by atoms with E-state index in [0.29, 0.717) is 16.4 Å². The third kappa shape index (κ3) is 4.12. The third-order valence-electron chi connectivity index (χ3n) is 8.68. The molecule has 0 aromatic carbocycles. The van der Waals surface area contributed by atoms with E-state index in [1.165, 1.54) is 77.8 Å². The molecule has 3 nitrogen and oxygen atoms in total. The summed E-state index contributed by atoms with van der Waals surface area (Å²) >= 11 is 0. The molecule has 1 aliphatic carbocycles. The minimum absolute atomic E-state index is 0.348. The van der Waals surface area contributed by atoms with Crippen molar-refractivity contribution in [3.05, 3.63) is 0 Å². The van der Waals surface area contributed by atoms with E-state index in [1.807, 2.05) is 0 Å². The molecule has 0 bridgehead atoms. The summed E-state index contributed by atoms with van der Waals surface area (Å²) in [6.07, 6.45) is 8.69. The first-order valence-electron chi connectivity index (χ1n) is 11.8. The lowest BCUT2D eigenvalue weighted by molar-refractivity contribution is -0.117. The molecule has 0 radical (unpaired) electrons. The van der Waals surface area contributed by atoms with Crippen molar-refractivity contribution in [2.45, 2.75) is 97.7 Å². The van der Waals surface area contributed by atoms with Crippen LogP contribution in [0.15, 0.2) is 0 Å². The van der Waals surface area contributed by atoms with Crippen LogP contribution in [-0.2, 0) is 0 Å². The molecule has 3 aliphatic heterocycles. The summed E-state index contributed by atoms with van der Waals surface area (Å²) < 4.78 is 0.